The standard InChI is InChI=1S/C17H12BrN3O3S/c1-2-8-20-14-10-13(21(23)24)6-7-15(14)25-17(20)19-16(22)11-4-3-5-12(18)9-11/h2-7,9-10H,1,8H2. The number of nitrogens with zero attached hydrogens (tertiary/aromatic N) is 3. The van der Waals surface area contributed by atoms with Gasteiger partial charge in [-0.25, -0.2) is 0 Å². The van der Waals surface area contributed by atoms with Gasteiger partial charge in [-0.3, -0.25) is 14.9 Å². The minimum Gasteiger partial charge on any atom is -0.312 e. The molecule has 3 aromatic rings. The Bertz CT molecular complexity index is 1070. The van der Waals surface area contributed by atoms with Crippen LogP contribution >= 0.6 is 27.3 Å². The van der Waals surface area contributed by atoms with Crippen molar-refractivity contribution < 1.29 is 9.72 Å². The first-order chi connectivity index (χ1) is 12.0. The van der Waals surface area contributed by atoms with E-state index in [0.29, 0.717) is 22.4 Å². The molecule has 0 unspecified atom stereocenters. The average molecular weight is 418 g/mol. The van der Waals surface area contributed by atoms with Crippen LogP contribution in [0.2, 0.25) is 0 Å². The van der Waals surface area contributed by atoms with E-state index < -0.39 is 4.92 Å². The lowest BCUT2D eigenvalue weighted by atomic mass is 10.2. The molecule has 3 rings (SSSR count). The Morgan fingerprint density at radius 2 is 2.16 bits per heavy atom. The number of allylic oxidation sites excluding steroid dienone is 1. The molecule has 1 aromatic heterocycles. The predicted octanol–water partition coefficient (Wildman–Crippen LogP) is 4.30. The maximum Gasteiger partial charge on any atom is 0.279 e. The zero-order valence-electron chi connectivity index (χ0n) is 12.9. The smallest absolute Gasteiger partial charge is 0.279 e. The fourth-order valence-electron chi connectivity index (χ4n) is 2.33. The molecule has 0 spiro atoms. The highest BCUT2D eigenvalue weighted by Gasteiger charge is 2.13. The summed E-state index contributed by atoms with van der Waals surface area (Å²) >= 11 is 4.64. The number of nitro benzene ring substituents is 1. The van der Waals surface area contributed by atoms with Gasteiger partial charge in [0.25, 0.3) is 11.6 Å². The number of non-ortho nitro benzene ring substituents is 1. The molecule has 0 aliphatic rings. The zero-order valence-corrected chi connectivity index (χ0v) is 15.3. The minimum atomic E-state index is -0.446. The summed E-state index contributed by atoms with van der Waals surface area (Å²) < 4.78 is 3.35. The molecule has 0 fully saturated rings. The molecule has 0 bridgehead atoms. The molecule has 0 radical (unpaired) electrons. The first-order valence-electron chi connectivity index (χ1n) is 7.23. The Balaban J connectivity index is 2.17. The molecule has 126 valence electrons. The first-order valence-corrected chi connectivity index (χ1v) is 8.84. The SMILES string of the molecule is C=CCn1c(=NC(=O)c2cccc(Br)c2)sc2ccc([N+](=O)[O-])cc21. The zero-order chi connectivity index (χ0) is 18.0. The van der Waals surface area contributed by atoms with Crippen LogP contribution in [0.25, 0.3) is 10.2 Å². The summed E-state index contributed by atoms with van der Waals surface area (Å²) in [5.74, 6) is -0.375. The number of halogens is 1. The second kappa shape index (κ2) is 7.12. The first kappa shape index (κ1) is 17.2. The van der Waals surface area contributed by atoms with Gasteiger partial charge in [-0.1, -0.05) is 39.4 Å². The number of thiazole rings is 1. The van der Waals surface area contributed by atoms with Crippen molar-refractivity contribution in [2.24, 2.45) is 4.99 Å². The summed E-state index contributed by atoms with van der Waals surface area (Å²) in [5, 5.41) is 11.0. The average Bonchev–Trinajstić information content (AvgIpc) is 2.92. The molecular weight excluding hydrogens is 406 g/mol. The number of aromatic nitrogens is 1. The quantitative estimate of drug-likeness (QED) is 0.360. The third kappa shape index (κ3) is 3.59. The predicted molar refractivity (Wildman–Crippen MR) is 101 cm³/mol. The Kier molecular flexibility index (Phi) is 4.91. The summed E-state index contributed by atoms with van der Waals surface area (Å²) in [7, 11) is 0. The topological polar surface area (TPSA) is 77.5 Å². The van der Waals surface area contributed by atoms with Crippen molar-refractivity contribution >= 4 is 49.1 Å². The van der Waals surface area contributed by atoms with Gasteiger partial charge in [0.05, 0.1) is 15.1 Å². The van der Waals surface area contributed by atoms with E-state index in [1.165, 1.54) is 23.5 Å². The molecule has 0 saturated carbocycles. The second-order valence-corrected chi connectivity index (χ2v) is 7.05. The number of amides is 1. The maximum atomic E-state index is 12.4. The lowest BCUT2D eigenvalue weighted by molar-refractivity contribution is -0.384. The number of benzene rings is 2. The van der Waals surface area contributed by atoms with Crippen molar-refractivity contribution in [3.05, 3.63) is 80.1 Å². The van der Waals surface area contributed by atoms with Crippen molar-refractivity contribution in [2.75, 3.05) is 0 Å². The van der Waals surface area contributed by atoms with Crippen LogP contribution in [0.4, 0.5) is 5.69 Å². The van der Waals surface area contributed by atoms with Crippen LogP contribution in [0, 0.1) is 10.1 Å². The molecule has 1 heterocycles. The van der Waals surface area contributed by atoms with Gasteiger partial charge < -0.3 is 4.57 Å². The molecule has 0 aliphatic heterocycles. The number of hydrogen-bond acceptors (Lipinski definition) is 4. The fourth-order valence-corrected chi connectivity index (χ4v) is 3.75. The molecule has 25 heavy (non-hydrogen) atoms. The fraction of sp³-hybridized carbons (Fsp3) is 0.0588. The van der Waals surface area contributed by atoms with E-state index in [-0.39, 0.29) is 11.6 Å². The number of fused-ring (bicyclic) bond motifs is 1. The summed E-state index contributed by atoms with van der Waals surface area (Å²) in [6, 6.07) is 11.6. The van der Waals surface area contributed by atoms with Crippen molar-refractivity contribution in [2.45, 2.75) is 6.54 Å². The van der Waals surface area contributed by atoms with E-state index in [4.69, 9.17) is 0 Å². The van der Waals surface area contributed by atoms with Crippen molar-refractivity contribution in [1.82, 2.24) is 4.57 Å². The van der Waals surface area contributed by atoms with Gasteiger partial charge in [-0.2, -0.15) is 4.99 Å². The van der Waals surface area contributed by atoms with Gasteiger partial charge in [-0.05, 0) is 24.3 Å². The van der Waals surface area contributed by atoms with Crippen molar-refractivity contribution in [3.8, 4) is 0 Å². The molecule has 0 aliphatic carbocycles. The van der Waals surface area contributed by atoms with Crippen LogP contribution in [-0.2, 0) is 6.54 Å². The van der Waals surface area contributed by atoms with Gasteiger partial charge >= 0.3 is 0 Å². The van der Waals surface area contributed by atoms with Crippen LogP contribution in [0.1, 0.15) is 10.4 Å². The molecule has 2 aromatic carbocycles. The molecule has 0 N–H and O–H groups in total. The van der Waals surface area contributed by atoms with Gasteiger partial charge in [-0.15, -0.1) is 6.58 Å². The highest BCUT2D eigenvalue weighted by atomic mass is 79.9. The van der Waals surface area contributed by atoms with Gasteiger partial charge in [0.2, 0.25) is 0 Å². The van der Waals surface area contributed by atoms with Crippen molar-refractivity contribution in [3.63, 3.8) is 0 Å². The van der Waals surface area contributed by atoms with E-state index in [9.17, 15) is 14.9 Å². The van der Waals surface area contributed by atoms with Gasteiger partial charge in [0.15, 0.2) is 4.80 Å². The lowest BCUT2D eigenvalue weighted by Gasteiger charge is -2.01. The highest BCUT2D eigenvalue weighted by molar-refractivity contribution is 9.10. The third-order valence-electron chi connectivity index (χ3n) is 3.46. The lowest BCUT2D eigenvalue weighted by Crippen LogP contribution is -2.16. The number of carbonyl (C=O) groups excluding carboxylic acids is 1. The molecule has 0 atom stereocenters. The van der Waals surface area contributed by atoms with Crippen LogP contribution in [0.15, 0.2) is 64.6 Å². The number of nitro groups is 1. The molecular formula is C17H12BrN3O3S. The largest absolute Gasteiger partial charge is 0.312 e. The Hall–Kier alpha value is -2.58. The number of rotatable bonds is 4. The van der Waals surface area contributed by atoms with Crippen LogP contribution in [-0.4, -0.2) is 15.4 Å². The van der Waals surface area contributed by atoms with E-state index in [1.54, 1.807) is 34.9 Å². The molecule has 6 nitrogen and oxygen atoms in total. The second-order valence-electron chi connectivity index (χ2n) is 5.12. The number of carbonyl (C=O) groups is 1. The van der Waals surface area contributed by atoms with E-state index >= 15 is 0 Å². The summed E-state index contributed by atoms with van der Waals surface area (Å²) in [6.07, 6.45) is 1.66. The maximum absolute atomic E-state index is 12.4. The van der Waals surface area contributed by atoms with Crippen LogP contribution < -0.4 is 4.80 Å². The summed E-state index contributed by atoms with van der Waals surface area (Å²) in [6.45, 7) is 4.10. The molecule has 1 amide bonds. The van der Waals surface area contributed by atoms with E-state index in [2.05, 4.69) is 27.5 Å². The highest BCUT2D eigenvalue weighted by Crippen LogP contribution is 2.23. The van der Waals surface area contributed by atoms with Crippen LogP contribution in [0.5, 0.6) is 0 Å². The minimum absolute atomic E-state index is 0.00650. The summed E-state index contributed by atoms with van der Waals surface area (Å²) in [4.78, 5) is 27.7. The van der Waals surface area contributed by atoms with Gasteiger partial charge in [0, 0.05) is 28.7 Å². The molecule has 8 heteroatoms. The monoisotopic (exact) mass is 417 g/mol. The Labute approximate surface area is 155 Å². The number of hydrogen-bond donors (Lipinski definition) is 0. The Morgan fingerprint density at radius 3 is 2.84 bits per heavy atom. The van der Waals surface area contributed by atoms with Crippen LogP contribution in [0.3, 0.4) is 0 Å². The van der Waals surface area contributed by atoms with Crippen molar-refractivity contribution in [1.29, 1.82) is 0 Å². The van der Waals surface area contributed by atoms with E-state index in [1.807, 2.05) is 6.07 Å². The summed E-state index contributed by atoms with van der Waals surface area (Å²) in [5.41, 5.74) is 1.11. The normalized spacial score (nSPS) is 11.6. The molecule has 0 saturated heterocycles. The van der Waals surface area contributed by atoms with E-state index in [0.717, 1.165) is 9.17 Å². The third-order valence-corrected chi connectivity index (χ3v) is 5.01. The van der Waals surface area contributed by atoms with Gasteiger partial charge in [0.1, 0.15) is 0 Å². The Morgan fingerprint density at radius 1 is 1.36 bits per heavy atom.